The predicted octanol–water partition coefficient (Wildman–Crippen LogP) is 6.66. The second kappa shape index (κ2) is 13.4. The van der Waals surface area contributed by atoms with Crippen molar-refractivity contribution in [1.29, 1.82) is 0 Å². The lowest BCUT2D eigenvalue weighted by Crippen LogP contribution is -2.32. The number of urea groups is 1. The first-order valence-corrected chi connectivity index (χ1v) is 13.7. The monoisotopic (exact) mass is 596 g/mol. The Labute approximate surface area is 245 Å². The van der Waals surface area contributed by atoms with Crippen molar-refractivity contribution in [1.82, 2.24) is 14.5 Å². The van der Waals surface area contributed by atoms with Gasteiger partial charge in [0.25, 0.3) is 0 Å². The first-order chi connectivity index (χ1) is 20.5. The maximum absolute atomic E-state index is 12.6. The maximum atomic E-state index is 12.6. The fourth-order valence-electron chi connectivity index (χ4n) is 4.86. The van der Waals surface area contributed by atoms with E-state index in [-0.39, 0.29) is 6.03 Å². The van der Waals surface area contributed by atoms with Crippen molar-refractivity contribution in [3.63, 3.8) is 0 Å². The van der Waals surface area contributed by atoms with E-state index in [1.54, 1.807) is 12.1 Å². The SMILES string of the molecule is CCCc1nc2ccc(NC(=O)N3CCCC3)cc2n1Cc1ccc(-c2ccccc2C(=O)O)cc1.O=C(O)C(F)(F)F. The fourth-order valence-corrected chi connectivity index (χ4v) is 4.86. The number of carboxylic acids is 2. The number of hydrogen-bond acceptors (Lipinski definition) is 4. The molecule has 2 amide bonds. The van der Waals surface area contributed by atoms with E-state index in [0.29, 0.717) is 17.7 Å². The van der Waals surface area contributed by atoms with E-state index < -0.39 is 18.1 Å². The Bertz CT molecular complexity index is 1610. The Balaban J connectivity index is 0.000000541. The zero-order chi connectivity index (χ0) is 31.1. The third kappa shape index (κ3) is 7.70. The van der Waals surface area contributed by atoms with Crippen LogP contribution in [0, 0.1) is 0 Å². The number of carbonyl (C=O) groups excluding carboxylic acids is 1. The molecular weight excluding hydrogens is 565 g/mol. The van der Waals surface area contributed by atoms with Crippen molar-refractivity contribution < 1.29 is 37.8 Å². The van der Waals surface area contributed by atoms with Crippen LogP contribution in [0.15, 0.2) is 66.7 Å². The highest BCUT2D eigenvalue weighted by Gasteiger charge is 2.38. The molecule has 12 heteroatoms. The molecule has 1 aliphatic heterocycles. The number of carbonyl (C=O) groups is 3. The topological polar surface area (TPSA) is 125 Å². The van der Waals surface area contributed by atoms with Crippen molar-refractivity contribution in [2.45, 2.75) is 45.3 Å². The molecule has 43 heavy (non-hydrogen) atoms. The Kier molecular flexibility index (Phi) is 9.69. The summed E-state index contributed by atoms with van der Waals surface area (Å²) < 4.78 is 33.9. The molecular formula is C31H31F3N4O5. The normalized spacial score (nSPS) is 13.0. The smallest absolute Gasteiger partial charge is 0.478 e. The molecule has 4 aromatic rings. The number of benzene rings is 3. The van der Waals surface area contributed by atoms with Gasteiger partial charge in [0.05, 0.1) is 16.6 Å². The van der Waals surface area contributed by atoms with Gasteiger partial charge in [0.15, 0.2) is 0 Å². The number of aromatic nitrogens is 2. The minimum atomic E-state index is -5.08. The van der Waals surface area contributed by atoms with Crippen LogP contribution in [-0.2, 0) is 17.8 Å². The summed E-state index contributed by atoms with van der Waals surface area (Å²) in [6.45, 7) is 4.38. The Morgan fingerprint density at radius 1 is 0.953 bits per heavy atom. The van der Waals surface area contributed by atoms with Crippen molar-refractivity contribution in [3.8, 4) is 11.1 Å². The van der Waals surface area contributed by atoms with Crippen LogP contribution in [0.25, 0.3) is 22.2 Å². The molecule has 1 aromatic heterocycles. The molecule has 0 aliphatic carbocycles. The van der Waals surface area contributed by atoms with E-state index in [2.05, 4.69) is 16.8 Å². The molecule has 1 aliphatic rings. The molecule has 226 valence electrons. The molecule has 1 fully saturated rings. The summed E-state index contributed by atoms with van der Waals surface area (Å²) >= 11 is 0. The van der Waals surface area contributed by atoms with Crippen molar-refractivity contribution >= 4 is 34.7 Å². The average molecular weight is 597 g/mol. The van der Waals surface area contributed by atoms with E-state index in [1.807, 2.05) is 59.5 Å². The lowest BCUT2D eigenvalue weighted by atomic mass is 9.99. The lowest BCUT2D eigenvalue weighted by molar-refractivity contribution is -0.192. The highest BCUT2D eigenvalue weighted by molar-refractivity contribution is 5.96. The minimum Gasteiger partial charge on any atom is -0.478 e. The van der Waals surface area contributed by atoms with E-state index >= 15 is 0 Å². The molecule has 0 atom stereocenters. The summed E-state index contributed by atoms with van der Waals surface area (Å²) in [4.78, 5) is 39.9. The number of aryl methyl sites for hydroxylation is 1. The number of fused-ring (bicyclic) bond motifs is 1. The van der Waals surface area contributed by atoms with Gasteiger partial charge in [-0.3, -0.25) is 0 Å². The Morgan fingerprint density at radius 2 is 1.60 bits per heavy atom. The van der Waals surface area contributed by atoms with Gasteiger partial charge in [-0.25, -0.2) is 19.4 Å². The Hall–Kier alpha value is -4.87. The van der Waals surface area contributed by atoms with E-state index in [4.69, 9.17) is 14.9 Å². The lowest BCUT2D eigenvalue weighted by Gasteiger charge is -2.16. The number of nitrogens with one attached hydrogen (secondary N) is 1. The second-order valence-electron chi connectivity index (χ2n) is 10.0. The molecule has 0 radical (unpaired) electrons. The summed E-state index contributed by atoms with van der Waals surface area (Å²) in [7, 11) is 0. The van der Waals surface area contributed by atoms with E-state index in [0.717, 1.165) is 72.4 Å². The molecule has 0 bridgehead atoms. The molecule has 0 saturated carbocycles. The quantitative estimate of drug-likeness (QED) is 0.219. The third-order valence-corrected chi connectivity index (χ3v) is 6.95. The van der Waals surface area contributed by atoms with Crippen LogP contribution >= 0.6 is 0 Å². The Morgan fingerprint density at radius 3 is 2.21 bits per heavy atom. The van der Waals surface area contributed by atoms with Gasteiger partial charge >= 0.3 is 24.1 Å². The summed E-state index contributed by atoms with van der Waals surface area (Å²) in [5.41, 5.74) is 5.61. The van der Waals surface area contributed by atoms with Gasteiger partial charge in [0, 0.05) is 31.7 Å². The highest BCUT2D eigenvalue weighted by Crippen LogP contribution is 2.27. The number of aromatic carboxylic acids is 1. The molecule has 1 saturated heterocycles. The van der Waals surface area contributed by atoms with Crippen LogP contribution in [0.1, 0.15) is 47.9 Å². The molecule has 3 aromatic carbocycles. The number of halogens is 3. The first kappa shape index (κ1) is 31.1. The van der Waals surface area contributed by atoms with Crippen LogP contribution in [-0.4, -0.2) is 61.9 Å². The zero-order valence-corrected chi connectivity index (χ0v) is 23.4. The van der Waals surface area contributed by atoms with Gasteiger partial charge < -0.3 is 25.0 Å². The molecule has 9 nitrogen and oxygen atoms in total. The van der Waals surface area contributed by atoms with Crippen molar-refractivity contribution in [2.24, 2.45) is 0 Å². The summed E-state index contributed by atoms with van der Waals surface area (Å²) in [5.74, 6) is -2.68. The third-order valence-electron chi connectivity index (χ3n) is 6.95. The minimum absolute atomic E-state index is 0.0519. The summed E-state index contributed by atoms with van der Waals surface area (Å²) in [5, 5.41) is 19.7. The molecule has 5 rings (SSSR count). The fraction of sp³-hybridized carbons (Fsp3) is 0.290. The number of amides is 2. The number of alkyl halides is 3. The molecule has 0 unspecified atom stereocenters. The van der Waals surface area contributed by atoms with Crippen molar-refractivity contribution in [2.75, 3.05) is 18.4 Å². The van der Waals surface area contributed by atoms with Crippen LogP contribution < -0.4 is 5.32 Å². The van der Waals surface area contributed by atoms with Gasteiger partial charge in [-0.05, 0) is 60.2 Å². The number of carboxylic acid groups (broad SMARTS) is 2. The van der Waals surface area contributed by atoms with Gasteiger partial charge in [0.2, 0.25) is 0 Å². The van der Waals surface area contributed by atoms with Gasteiger partial charge in [0.1, 0.15) is 5.82 Å². The van der Waals surface area contributed by atoms with Gasteiger partial charge in [-0.15, -0.1) is 0 Å². The number of imidazole rings is 1. The van der Waals surface area contributed by atoms with E-state index in [1.165, 1.54) is 0 Å². The number of aliphatic carboxylic acids is 1. The highest BCUT2D eigenvalue weighted by atomic mass is 19.4. The van der Waals surface area contributed by atoms with Gasteiger partial charge in [-0.2, -0.15) is 13.2 Å². The predicted molar refractivity (Wildman–Crippen MR) is 155 cm³/mol. The van der Waals surface area contributed by atoms with Crippen LogP contribution in [0.3, 0.4) is 0 Å². The zero-order valence-electron chi connectivity index (χ0n) is 23.4. The molecule has 2 heterocycles. The van der Waals surface area contributed by atoms with Crippen LogP contribution in [0.2, 0.25) is 0 Å². The number of anilines is 1. The number of rotatable bonds is 7. The van der Waals surface area contributed by atoms with Crippen LogP contribution in [0.5, 0.6) is 0 Å². The summed E-state index contributed by atoms with van der Waals surface area (Å²) in [6.07, 6.45) is -1.14. The number of nitrogens with zero attached hydrogens (tertiary/aromatic N) is 3. The molecule has 0 spiro atoms. The molecule has 3 N–H and O–H groups in total. The van der Waals surface area contributed by atoms with Crippen LogP contribution in [0.4, 0.5) is 23.7 Å². The number of hydrogen-bond donors (Lipinski definition) is 3. The van der Waals surface area contributed by atoms with Gasteiger partial charge in [-0.1, -0.05) is 49.4 Å². The van der Waals surface area contributed by atoms with E-state index in [9.17, 15) is 27.9 Å². The number of likely N-dealkylation sites (tertiary alicyclic amines) is 1. The second-order valence-corrected chi connectivity index (χ2v) is 10.0. The average Bonchev–Trinajstić information content (AvgIpc) is 3.63. The summed E-state index contributed by atoms with van der Waals surface area (Å²) in [6, 6.07) is 20.9. The standard InChI is InChI=1S/C29H30N4O3.C2HF3O2/c1-2-7-27-31-25-15-14-22(30-29(36)32-16-5-6-17-32)18-26(25)33(27)19-20-10-12-21(13-11-20)23-8-3-4-9-24(23)28(34)35;3-2(4,5)1(6)7/h3-4,8-15,18H,2,5-7,16-17,19H2,1H3,(H,30,36)(H,34,35);(H,6,7). The first-order valence-electron chi connectivity index (χ1n) is 13.7. The van der Waals surface area contributed by atoms with Crippen molar-refractivity contribution in [3.05, 3.63) is 83.7 Å². The largest absolute Gasteiger partial charge is 0.490 e. The maximum Gasteiger partial charge on any atom is 0.490 e.